The van der Waals surface area contributed by atoms with E-state index in [0.717, 1.165) is 34.0 Å². The number of benzene rings is 4. The van der Waals surface area contributed by atoms with E-state index in [1.807, 2.05) is 93.0 Å². The molecular formula is C28H25N3O2. The minimum atomic E-state index is -0.520. The summed E-state index contributed by atoms with van der Waals surface area (Å²) in [5.41, 5.74) is 6.52. The van der Waals surface area contributed by atoms with Gasteiger partial charge < -0.3 is 19.9 Å². The van der Waals surface area contributed by atoms with Gasteiger partial charge in [-0.25, -0.2) is 4.79 Å². The molecule has 0 radical (unpaired) electrons. The smallest absolute Gasteiger partial charge is 0.340 e. The van der Waals surface area contributed by atoms with Crippen LogP contribution in [0.2, 0.25) is 0 Å². The van der Waals surface area contributed by atoms with Gasteiger partial charge in [0.15, 0.2) is 0 Å². The Labute approximate surface area is 193 Å². The van der Waals surface area contributed by atoms with Crippen molar-refractivity contribution in [3.8, 4) is 0 Å². The number of ether oxygens (including phenoxy) is 1. The van der Waals surface area contributed by atoms with Gasteiger partial charge in [0.05, 0.1) is 5.56 Å². The van der Waals surface area contributed by atoms with Gasteiger partial charge in [-0.05, 0) is 66.7 Å². The van der Waals surface area contributed by atoms with Gasteiger partial charge >= 0.3 is 5.97 Å². The Hall–Kier alpha value is -4.25. The number of nitrogens with one attached hydrogen (secondary N) is 1. The van der Waals surface area contributed by atoms with E-state index in [9.17, 15) is 4.79 Å². The molecule has 0 amide bonds. The number of rotatable bonds is 6. The molecule has 0 saturated heterocycles. The van der Waals surface area contributed by atoms with Crippen LogP contribution in [0.25, 0.3) is 0 Å². The Morgan fingerprint density at radius 2 is 1.21 bits per heavy atom. The predicted molar refractivity (Wildman–Crippen MR) is 134 cm³/mol. The van der Waals surface area contributed by atoms with Gasteiger partial charge in [-0.2, -0.15) is 0 Å². The Kier molecular flexibility index (Phi) is 5.45. The number of carbonyl (C=O) groups excluding carboxylic acids is 1. The van der Waals surface area contributed by atoms with Crippen molar-refractivity contribution in [2.24, 2.45) is 0 Å². The maximum atomic E-state index is 12.5. The molecule has 1 atom stereocenters. The molecule has 5 heteroatoms. The molecule has 0 aromatic heterocycles. The van der Waals surface area contributed by atoms with Crippen molar-refractivity contribution in [3.63, 3.8) is 0 Å². The van der Waals surface area contributed by atoms with Crippen molar-refractivity contribution >= 4 is 34.4 Å². The van der Waals surface area contributed by atoms with Gasteiger partial charge in [-0.15, -0.1) is 0 Å². The topological polar surface area (TPSA) is 44.8 Å². The molecule has 1 heterocycles. The summed E-state index contributed by atoms with van der Waals surface area (Å²) in [4.78, 5) is 16.6. The molecule has 0 spiro atoms. The molecule has 4 aromatic carbocycles. The van der Waals surface area contributed by atoms with Crippen LogP contribution in [0.1, 0.15) is 22.1 Å². The number of nitrogens with zero attached hydrogens (tertiary/aromatic N) is 2. The first-order valence-electron chi connectivity index (χ1n) is 10.9. The fraction of sp³-hybridized carbons (Fsp3) is 0.107. The van der Waals surface area contributed by atoms with Gasteiger partial charge in [-0.1, -0.05) is 36.4 Å². The van der Waals surface area contributed by atoms with E-state index >= 15 is 0 Å². The third-order valence-corrected chi connectivity index (χ3v) is 5.75. The molecule has 0 aliphatic carbocycles. The summed E-state index contributed by atoms with van der Waals surface area (Å²) in [5.74, 6) is -0.295. The van der Waals surface area contributed by atoms with Crippen molar-refractivity contribution < 1.29 is 9.53 Å². The van der Waals surface area contributed by atoms with Crippen molar-refractivity contribution in [1.82, 2.24) is 0 Å². The van der Waals surface area contributed by atoms with Gasteiger partial charge in [-0.3, -0.25) is 0 Å². The lowest BCUT2D eigenvalue weighted by Crippen LogP contribution is -2.23. The third-order valence-electron chi connectivity index (χ3n) is 5.75. The normalized spacial score (nSPS) is 14.4. The fourth-order valence-electron chi connectivity index (χ4n) is 4.04. The number of hydrogen-bond acceptors (Lipinski definition) is 5. The highest BCUT2D eigenvalue weighted by Crippen LogP contribution is 2.41. The first-order chi connectivity index (χ1) is 16.1. The third kappa shape index (κ3) is 4.13. The lowest BCUT2D eigenvalue weighted by atomic mass is 10.1. The fourth-order valence-corrected chi connectivity index (χ4v) is 4.04. The van der Waals surface area contributed by atoms with Gasteiger partial charge in [0.1, 0.15) is 0 Å². The average Bonchev–Trinajstić information content (AvgIpc) is 3.18. The molecule has 33 heavy (non-hydrogen) atoms. The maximum Gasteiger partial charge on any atom is 0.340 e. The summed E-state index contributed by atoms with van der Waals surface area (Å²) in [6, 6.07) is 34.0. The Morgan fingerprint density at radius 3 is 1.85 bits per heavy atom. The van der Waals surface area contributed by atoms with Crippen molar-refractivity contribution in [3.05, 3.63) is 114 Å². The van der Waals surface area contributed by atoms with Crippen LogP contribution in [0.3, 0.4) is 0 Å². The second kappa shape index (κ2) is 8.71. The van der Waals surface area contributed by atoms with Gasteiger partial charge in [0.25, 0.3) is 0 Å². The van der Waals surface area contributed by atoms with Gasteiger partial charge in [0, 0.05) is 48.1 Å². The molecule has 0 bridgehead atoms. The zero-order valence-electron chi connectivity index (χ0n) is 18.6. The monoisotopic (exact) mass is 435 g/mol. The quantitative estimate of drug-likeness (QED) is 0.350. The lowest BCUT2D eigenvalue weighted by molar-refractivity contribution is 0.0399. The largest absolute Gasteiger partial charge is 0.433 e. The van der Waals surface area contributed by atoms with Crippen molar-refractivity contribution in [1.29, 1.82) is 0 Å². The van der Waals surface area contributed by atoms with E-state index in [2.05, 4.69) is 39.4 Å². The number of fused-ring (bicyclic) bond motifs is 1. The van der Waals surface area contributed by atoms with E-state index in [-0.39, 0.29) is 5.97 Å². The van der Waals surface area contributed by atoms with E-state index < -0.39 is 6.23 Å². The van der Waals surface area contributed by atoms with Crippen LogP contribution in [0.5, 0.6) is 0 Å². The minimum Gasteiger partial charge on any atom is -0.433 e. The number of anilines is 5. The van der Waals surface area contributed by atoms with Crippen LogP contribution in [0.4, 0.5) is 28.4 Å². The summed E-state index contributed by atoms with van der Waals surface area (Å²) >= 11 is 0. The summed E-state index contributed by atoms with van der Waals surface area (Å²) < 4.78 is 5.83. The molecule has 5 nitrogen and oxygen atoms in total. The molecule has 164 valence electrons. The first-order valence-corrected chi connectivity index (χ1v) is 10.9. The minimum absolute atomic E-state index is 0.295. The van der Waals surface area contributed by atoms with Crippen LogP contribution < -0.4 is 15.1 Å². The number of carbonyl (C=O) groups is 1. The molecule has 4 aromatic rings. The molecule has 1 N–H and O–H groups in total. The average molecular weight is 436 g/mol. The molecule has 1 aliphatic heterocycles. The second-order valence-electron chi connectivity index (χ2n) is 8.16. The van der Waals surface area contributed by atoms with E-state index in [0.29, 0.717) is 5.56 Å². The highest BCUT2D eigenvalue weighted by Gasteiger charge is 2.36. The summed E-state index contributed by atoms with van der Waals surface area (Å²) in [7, 11) is 4.05. The van der Waals surface area contributed by atoms with E-state index in [1.54, 1.807) is 0 Å². The standard InChI is InChI=1S/C28H25N3O2/c1-30(2)22-16-12-20(13-17-22)29-21-14-18-24(19-15-21)31(23-8-4-3-5-9-23)27-25-10-6-7-11-26(25)28(32)33-27/h3-19,27,29H,1-2H3. The summed E-state index contributed by atoms with van der Waals surface area (Å²) in [6.45, 7) is 0. The Morgan fingerprint density at radius 1 is 0.667 bits per heavy atom. The summed E-state index contributed by atoms with van der Waals surface area (Å²) in [5, 5.41) is 3.45. The number of cyclic esters (lactones) is 1. The van der Waals surface area contributed by atoms with Crippen LogP contribution in [-0.4, -0.2) is 20.1 Å². The maximum absolute atomic E-state index is 12.5. The van der Waals surface area contributed by atoms with Gasteiger partial charge in [0.2, 0.25) is 6.23 Å². The molecule has 0 saturated carbocycles. The molecular weight excluding hydrogens is 410 g/mol. The van der Waals surface area contributed by atoms with E-state index in [1.165, 1.54) is 0 Å². The zero-order valence-corrected chi connectivity index (χ0v) is 18.6. The zero-order chi connectivity index (χ0) is 22.8. The lowest BCUT2D eigenvalue weighted by Gasteiger charge is -2.30. The van der Waals surface area contributed by atoms with Crippen LogP contribution in [0.15, 0.2) is 103 Å². The SMILES string of the molecule is CN(C)c1ccc(Nc2ccc(N(c3ccccc3)C3OC(=O)c4ccccc43)cc2)cc1. The van der Waals surface area contributed by atoms with Crippen LogP contribution in [0, 0.1) is 0 Å². The highest BCUT2D eigenvalue weighted by molar-refractivity contribution is 5.94. The molecule has 5 rings (SSSR count). The number of esters is 1. The second-order valence-corrected chi connectivity index (χ2v) is 8.16. The Bertz CT molecular complexity index is 1250. The van der Waals surface area contributed by atoms with Crippen molar-refractivity contribution in [2.45, 2.75) is 6.23 Å². The van der Waals surface area contributed by atoms with Crippen LogP contribution in [-0.2, 0) is 4.74 Å². The van der Waals surface area contributed by atoms with Crippen LogP contribution >= 0.6 is 0 Å². The Balaban J connectivity index is 1.45. The highest BCUT2D eigenvalue weighted by atomic mass is 16.6. The van der Waals surface area contributed by atoms with Crippen molar-refractivity contribution in [2.75, 3.05) is 29.2 Å². The number of para-hydroxylation sites is 1. The first kappa shape index (κ1) is 20.6. The summed E-state index contributed by atoms with van der Waals surface area (Å²) in [6.07, 6.45) is -0.520. The van der Waals surface area contributed by atoms with E-state index in [4.69, 9.17) is 4.74 Å². The predicted octanol–water partition coefficient (Wildman–Crippen LogP) is 6.50. The number of hydrogen-bond donors (Lipinski definition) is 1. The molecule has 1 aliphatic rings. The molecule has 1 unspecified atom stereocenters. The molecule has 0 fully saturated rings.